The molecular weight excluding hydrogens is 231 g/mol. The molecule has 17 heavy (non-hydrogen) atoms. The summed E-state index contributed by atoms with van der Waals surface area (Å²) in [7, 11) is -1.09. The summed E-state index contributed by atoms with van der Waals surface area (Å²) in [6.45, 7) is 9.38. The van der Waals surface area contributed by atoms with E-state index < -0.39 is 7.26 Å². The predicted octanol–water partition coefficient (Wildman–Crippen LogP) is 3.80. The van der Waals surface area contributed by atoms with Gasteiger partial charge in [-0.3, -0.25) is 0 Å². The molecule has 1 heterocycles. The Labute approximate surface area is 107 Å². The van der Waals surface area contributed by atoms with E-state index >= 15 is 0 Å². The number of carbonyl (C=O) groups excluding carboxylic acids is 1. The lowest BCUT2D eigenvalue weighted by molar-refractivity contribution is -0.142. The zero-order valence-corrected chi connectivity index (χ0v) is 12.8. The Bertz CT molecular complexity index is 253. The van der Waals surface area contributed by atoms with Crippen molar-refractivity contribution in [1.29, 1.82) is 0 Å². The van der Waals surface area contributed by atoms with Gasteiger partial charge < -0.3 is 4.74 Å². The Kier molecular flexibility index (Phi) is 5.92. The third-order valence-corrected chi connectivity index (χ3v) is 8.52. The summed E-state index contributed by atoms with van der Waals surface area (Å²) >= 11 is 0. The van der Waals surface area contributed by atoms with Crippen LogP contribution in [0.1, 0.15) is 46.5 Å². The van der Waals surface area contributed by atoms with E-state index in [0.717, 1.165) is 12.3 Å². The van der Waals surface area contributed by atoms with Crippen LogP contribution in [0.4, 0.5) is 0 Å². The van der Waals surface area contributed by atoms with Crippen LogP contribution in [0.15, 0.2) is 0 Å². The molecule has 1 aliphatic rings. The number of carbonyl (C=O) groups is 1. The molecule has 2 unspecified atom stereocenters. The average Bonchev–Trinajstić information content (AvgIpc) is 2.27. The minimum absolute atomic E-state index is 0.0896. The molecule has 0 radical (unpaired) electrons. The molecular formula is C14H28O2P+. The maximum absolute atomic E-state index is 12.1. The summed E-state index contributed by atoms with van der Waals surface area (Å²) in [6, 6.07) is 0. The lowest BCUT2D eigenvalue weighted by atomic mass is 10.2. The molecule has 0 amide bonds. The molecule has 0 aliphatic carbocycles. The number of ether oxygens (including phenoxy) is 1. The second kappa shape index (κ2) is 6.73. The van der Waals surface area contributed by atoms with Gasteiger partial charge in [-0.2, -0.15) is 0 Å². The first-order chi connectivity index (χ1) is 7.99. The molecule has 0 N–H and O–H groups in total. The quantitative estimate of drug-likeness (QED) is 0.554. The molecule has 1 aliphatic heterocycles. The molecule has 1 rings (SSSR count). The highest BCUT2D eigenvalue weighted by Crippen LogP contribution is 2.64. The number of rotatable bonds is 5. The fourth-order valence-corrected chi connectivity index (χ4v) is 7.00. The molecule has 0 aromatic heterocycles. The molecule has 0 aromatic carbocycles. The Morgan fingerprint density at radius 3 is 2.71 bits per heavy atom. The summed E-state index contributed by atoms with van der Waals surface area (Å²) in [5.41, 5.74) is 0.245. The van der Waals surface area contributed by atoms with Gasteiger partial charge in [0.25, 0.3) is 0 Å². The lowest BCUT2D eigenvalue weighted by Gasteiger charge is -2.34. The maximum Gasteiger partial charge on any atom is 0.346 e. The number of esters is 1. The maximum atomic E-state index is 12.1. The van der Waals surface area contributed by atoms with Crippen LogP contribution in [0.2, 0.25) is 0 Å². The van der Waals surface area contributed by atoms with Crippen LogP contribution in [0.5, 0.6) is 0 Å². The summed E-state index contributed by atoms with van der Waals surface area (Å²) in [6.07, 6.45) is 7.43. The van der Waals surface area contributed by atoms with Gasteiger partial charge in [0, 0.05) is 13.9 Å². The van der Waals surface area contributed by atoms with Crippen LogP contribution in [0.25, 0.3) is 0 Å². The third kappa shape index (κ3) is 4.25. The fourth-order valence-electron chi connectivity index (χ4n) is 2.71. The van der Waals surface area contributed by atoms with Crippen molar-refractivity contribution in [2.24, 2.45) is 5.92 Å². The minimum atomic E-state index is -1.09. The molecule has 100 valence electrons. The Balaban J connectivity index is 2.66. The molecule has 1 fully saturated rings. The summed E-state index contributed by atoms with van der Waals surface area (Å²) in [5, 5.41) is 0. The highest BCUT2D eigenvalue weighted by atomic mass is 31.2. The van der Waals surface area contributed by atoms with Crippen molar-refractivity contribution in [3.8, 4) is 0 Å². The van der Waals surface area contributed by atoms with Gasteiger partial charge in [0.05, 0.1) is 18.9 Å². The van der Waals surface area contributed by atoms with Gasteiger partial charge in [0.15, 0.2) is 5.66 Å². The standard InChI is InChI=1S/C14H28O2P/c1-5-16-14(15)13-8-6-7-10-17(13,4)11-9-12(2)3/h12-13H,5-11H2,1-4H3/q+1. The van der Waals surface area contributed by atoms with Gasteiger partial charge in [-0.1, -0.05) is 13.8 Å². The first kappa shape index (κ1) is 15.0. The average molecular weight is 259 g/mol. The SMILES string of the molecule is CCOC(=O)C1CCCC[P+]1(C)CCC(C)C. The van der Waals surface area contributed by atoms with Crippen molar-refractivity contribution >= 4 is 13.2 Å². The van der Waals surface area contributed by atoms with Crippen LogP contribution in [-0.4, -0.2) is 37.2 Å². The van der Waals surface area contributed by atoms with E-state index in [0.29, 0.717) is 6.61 Å². The zero-order chi connectivity index (χ0) is 12.9. The monoisotopic (exact) mass is 259 g/mol. The third-order valence-electron chi connectivity index (χ3n) is 3.92. The van der Waals surface area contributed by atoms with Crippen molar-refractivity contribution in [3.63, 3.8) is 0 Å². The van der Waals surface area contributed by atoms with Crippen LogP contribution >= 0.6 is 7.26 Å². The van der Waals surface area contributed by atoms with Gasteiger partial charge >= 0.3 is 5.97 Å². The van der Waals surface area contributed by atoms with Gasteiger partial charge in [0.1, 0.15) is 0 Å². The lowest BCUT2D eigenvalue weighted by Crippen LogP contribution is -2.32. The van der Waals surface area contributed by atoms with Crippen molar-refractivity contribution in [2.45, 2.75) is 52.1 Å². The van der Waals surface area contributed by atoms with E-state index in [1.165, 1.54) is 31.6 Å². The summed E-state index contributed by atoms with van der Waals surface area (Å²) in [4.78, 5) is 12.1. The molecule has 0 aromatic rings. The van der Waals surface area contributed by atoms with E-state index in [1.807, 2.05) is 6.92 Å². The van der Waals surface area contributed by atoms with E-state index in [2.05, 4.69) is 20.5 Å². The van der Waals surface area contributed by atoms with E-state index in [1.54, 1.807) is 0 Å². The Morgan fingerprint density at radius 2 is 2.12 bits per heavy atom. The first-order valence-electron chi connectivity index (χ1n) is 7.00. The van der Waals surface area contributed by atoms with Gasteiger partial charge in [-0.05, 0) is 38.5 Å². The molecule has 0 bridgehead atoms. The van der Waals surface area contributed by atoms with Crippen LogP contribution in [0.3, 0.4) is 0 Å². The molecule has 2 nitrogen and oxygen atoms in total. The smallest absolute Gasteiger partial charge is 0.346 e. The summed E-state index contributed by atoms with van der Waals surface area (Å²) in [5.74, 6) is 0.836. The van der Waals surface area contributed by atoms with Crippen molar-refractivity contribution < 1.29 is 9.53 Å². The fraction of sp³-hybridized carbons (Fsp3) is 0.929. The molecule has 0 saturated carbocycles. The van der Waals surface area contributed by atoms with Crippen molar-refractivity contribution in [1.82, 2.24) is 0 Å². The normalized spacial score (nSPS) is 29.4. The second-order valence-corrected chi connectivity index (χ2v) is 10.3. The van der Waals surface area contributed by atoms with E-state index in [9.17, 15) is 4.79 Å². The Hall–Kier alpha value is -0.100. The first-order valence-corrected chi connectivity index (χ1v) is 9.68. The Morgan fingerprint density at radius 1 is 1.41 bits per heavy atom. The minimum Gasteiger partial charge on any atom is -0.463 e. The van der Waals surface area contributed by atoms with E-state index in [-0.39, 0.29) is 11.6 Å². The van der Waals surface area contributed by atoms with Gasteiger partial charge in [0.2, 0.25) is 0 Å². The zero-order valence-electron chi connectivity index (χ0n) is 11.9. The van der Waals surface area contributed by atoms with Crippen molar-refractivity contribution in [2.75, 3.05) is 25.6 Å². The van der Waals surface area contributed by atoms with E-state index in [4.69, 9.17) is 4.74 Å². The second-order valence-electron chi connectivity index (χ2n) is 5.87. The van der Waals surface area contributed by atoms with Crippen LogP contribution in [-0.2, 0) is 9.53 Å². The largest absolute Gasteiger partial charge is 0.463 e. The van der Waals surface area contributed by atoms with Crippen LogP contribution in [0, 0.1) is 5.92 Å². The molecule has 2 atom stereocenters. The highest BCUT2D eigenvalue weighted by Gasteiger charge is 2.47. The molecule has 0 spiro atoms. The van der Waals surface area contributed by atoms with Crippen LogP contribution < -0.4 is 0 Å². The topological polar surface area (TPSA) is 26.3 Å². The van der Waals surface area contributed by atoms with Crippen molar-refractivity contribution in [3.05, 3.63) is 0 Å². The predicted molar refractivity (Wildman–Crippen MR) is 76.3 cm³/mol. The summed E-state index contributed by atoms with van der Waals surface area (Å²) < 4.78 is 5.27. The van der Waals surface area contributed by atoms with Gasteiger partial charge in [-0.15, -0.1) is 0 Å². The highest BCUT2D eigenvalue weighted by molar-refractivity contribution is 7.76. The van der Waals surface area contributed by atoms with Gasteiger partial charge in [-0.25, -0.2) is 4.79 Å². The molecule has 1 saturated heterocycles. The molecule has 3 heteroatoms. The number of hydrogen-bond donors (Lipinski definition) is 0. The number of hydrogen-bond acceptors (Lipinski definition) is 2.